The zero-order valence-electron chi connectivity index (χ0n) is 66.5. The smallest absolute Gasteiger partial charge is 0.123 e. The molecule has 0 saturated carbocycles. The highest BCUT2D eigenvalue weighted by Crippen LogP contribution is 2.56. The standard InChI is InChI=1S/C42H32.C36H27F.C35H27N/c1-25-15-20-34-36(23-25)40(28-19-22-38-35(24-28)29-10-6-7-14-37(29)42(38,2)3)31-11-4-5-12-32(31)41(34)33-21-18-27-17-16-26-9-8-13-30(33)39(26)27;1-22-12-18-29-31(20-22)35(28-10-5-4-9-27(28)34(29)23-13-16-25(37)17-14-23)24-15-19-33-30(21-24)26-8-6-7-11-32(26)36(33,2)3;1-22-15-17-27-29(20-22)33(25-11-4-5-12-26(25)34(27)32-14-8-9-19-36-32)23-16-18-31-28(21-23)24-10-6-7-13-30(24)35(31,2)3/h4-15,18-24H,16-17H2,1-3H3;4-21H,1-3H3;4-21H,1-3H3. The van der Waals surface area contributed by atoms with Gasteiger partial charge in [0.05, 0.1) is 5.69 Å². The summed E-state index contributed by atoms with van der Waals surface area (Å²) in [5.74, 6) is -0.217. The third-order valence-corrected chi connectivity index (χ3v) is 26.4. The van der Waals surface area contributed by atoms with Gasteiger partial charge in [-0.25, -0.2) is 4.39 Å². The number of hydrogen-bond acceptors (Lipinski definition) is 1. The Morgan fingerprint density at radius 1 is 0.235 bits per heavy atom. The molecule has 0 N–H and O–H groups in total. The summed E-state index contributed by atoms with van der Waals surface area (Å²) < 4.78 is 13.8. The molecule has 0 saturated heterocycles. The minimum atomic E-state index is -0.217. The zero-order valence-corrected chi connectivity index (χ0v) is 66.5. The third kappa shape index (κ3) is 10.9. The quantitative estimate of drug-likeness (QED) is 0.151. The van der Waals surface area contributed by atoms with Crippen LogP contribution in [0.15, 0.2) is 334 Å². The second-order valence-electron chi connectivity index (χ2n) is 34.2. The maximum Gasteiger partial charge on any atom is 0.123 e. The van der Waals surface area contributed by atoms with Crippen LogP contribution in [-0.2, 0) is 29.1 Å². The van der Waals surface area contributed by atoms with Gasteiger partial charge >= 0.3 is 0 Å². The highest BCUT2D eigenvalue weighted by molar-refractivity contribution is 6.26. The van der Waals surface area contributed by atoms with E-state index in [1.165, 1.54) is 220 Å². The van der Waals surface area contributed by atoms with E-state index < -0.39 is 0 Å². The Hall–Kier alpha value is -13.1. The number of halogens is 1. The van der Waals surface area contributed by atoms with E-state index in [0.717, 1.165) is 29.7 Å². The summed E-state index contributed by atoms with van der Waals surface area (Å²) in [6, 6.07) is 120. The van der Waals surface area contributed by atoms with Crippen LogP contribution >= 0.6 is 0 Å². The summed E-state index contributed by atoms with van der Waals surface area (Å²) in [7, 11) is 0. The van der Waals surface area contributed by atoms with Crippen LogP contribution in [0.3, 0.4) is 0 Å². The van der Waals surface area contributed by atoms with E-state index in [2.05, 4.69) is 360 Å². The minimum absolute atomic E-state index is 0.00477. The molecule has 23 rings (SSSR count). The predicted molar refractivity (Wildman–Crippen MR) is 487 cm³/mol. The van der Waals surface area contributed by atoms with Crippen molar-refractivity contribution in [3.63, 3.8) is 0 Å². The first-order valence-corrected chi connectivity index (χ1v) is 40.8. The summed E-state index contributed by atoms with van der Waals surface area (Å²) in [6.07, 6.45) is 4.18. The fourth-order valence-electron chi connectivity index (χ4n) is 20.9. The van der Waals surface area contributed by atoms with Gasteiger partial charge in [-0.15, -0.1) is 0 Å². The Balaban J connectivity index is 0.000000108. The van der Waals surface area contributed by atoms with Crippen LogP contribution in [0.25, 0.3) is 176 Å². The molecule has 0 aliphatic heterocycles. The monoisotopic (exact) mass is 1480 g/mol. The van der Waals surface area contributed by atoms with E-state index in [1.807, 2.05) is 24.4 Å². The summed E-state index contributed by atoms with van der Waals surface area (Å²) >= 11 is 0. The molecule has 0 atom stereocenters. The molecule has 0 fully saturated rings. The topological polar surface area (TPSA) is 12.9 Å². The zero-order chi connectivity index (χ0) is 77.9. The SMILES string of the molecule is Cc1ccc2c(-c3ccc(F)cc3)c3ccccc3c(-c3ccc4c(c3)-c3ccccc3C4(C)C)c2c1.Cc1ccc2c(-c3ccc4c5c(cccc35)CC4)c3ccccc3c(-c3ccc4c(c3)-c3ccccc3C4(C)C)c2c1.Cc1ccc2c(-c3ccccn3)c3ccccc3c(-c3ccc4c(c3)-c3ccccc3C4(C)C)c2c1. The maximum atomic E-state index is 13.8. The second-order valence-corrected chi connectivity index (χ2v) is 34.2. The van der Waals surface area contributed by atoms with Crippen LogP contribution in [0.5, 0.6) is 0 Å². The van der Waals surface area contributed by atoms with Gasteiger partial charge in [-0.05, 0) is 285 Å². The fraction of sp³-hybridized carbons (Fsp3) is 0.124. The van der Waals surface area contributed by atoms with Gasteiger partial charge in [0, 0.05) is 28.0 Å². The Morgan fingerprint density at radius 3 is 0.991 bits per heavy atom. The lowest BCUT2D eigenvalue weighted by molar-refractivity contribution is 0.628. The Morgan fingerprint density at radius 2 is 0.565 bits per heavy atom. The molecule has 1 heterocycles. The maximum absolute atomic E-state index is 13.8. The lowest BCUT2D eigenvalue weighted by atomic mass is 9.81. The van der Waals surface area contributed by atoms with Crippen LogP contribution in [0.2, 0.25) is 0 Å². The van der Waals surface area contributed by atoms with Gasteiger partial charge in [0.15, 0.2) is 0 Å². The van der Waals surface area contributed by atoms with Crippen molar-refractivity contribution in [1.82, 2.24) is 4.98 Å². The summed E-state index contributed by atoms with van der Waals surface area (Å²) in [4.78, 5) is 4.76. The number of fused-ring (bicyclic) bond motifs is 15. The lowest BCUT2D eigenvalue weighted by Gasteiger charge is -2.22. The number of hydrogen-bond donors (Lipinski definition) is 0. The summed E-state index contributed by atoms with van der Waals surface area (Å²) in [5, 5.41) is 18.0. The molecule has 0 bridgehead atoms. The molecule has 0 unspecified atom stereocenters. The van der Waals surface area contributed by atoms with Crippen molar-refractivity contribution in [1.29, 1.82) is 0 Å². The molecule has 19 aromatic rings. The lowest BCUT2D eigenvalue weighted by Crippen LogP contribution is -2.14. The van der Waals surface area contributed by atoms with E-state index in [0.29, 0.717) is 0 Å². The van der Waals surface area contributed by atoms with E-state index in [1.54, 1.807) is 12.1 Å². The minimum Gasteiger partial charge on any atom is -0.256 e. The molecule has 0 amide bonds. The Labute approximate surface area is 672 Å². The predicted octanol–water partition coefficient (Wildman–Crippen LogP) is 30.6. The molecule has 18 aromatic carbocycles. The first kappa shape index (κ1) is 69.8. The van der Waals surface area contributed by atoms with Crippen LogP contribution in [0.1, 0.15) is 103 Å². The van der Waals surface area contributed by atoms with Crippen molar-refractivity contribution >= 4 is 75.4 Å². The van der Waals surface area contributed by atoms with E-state index in [9.17, 15) is 4.39 Å². The molecule has 0 spiro atoms. The largest absolute Gasteiger partial charge is 0.256 e. The van der Waals surface area contributed by atoms with Gasteiger partial charge < -0.3 is 0 Å². The number of aryl methyl sites for hydroxylation is 5. The Kier molecular flexibility index (Phi) is 16.1. The van der Waals surface area contributed by atoms with Crippen LogP contribution < -0.4 is 0 Å². The summed E-state index contributed by atoms with van der Waals surface area (Å²) in [5.41, 5.74) is 38.1. The third-order valence-electron chi connectivity index (χ3n) is 26.4. The highest BCUT2D eigenvalue weighted by Gasteiger charge is 2.39. The van der Waals surface area contributed by atoms with Crippen molar-refractivity contribution < 1.29 is 4.39 Å². The number of rotatable bonds is 6. The molecule has 0 radical (unpaired) electrons. The van der Waals surface area contributed by atoms with E-state index >= 15 is 0 Å². The molecule has 1 aromatic heterocycles. The first-order valence-electron chi connectivity index (χ1n) is 40.8. The average Bonchev–Trinajstić information content (AvgIpc) is 1.69. The molecular weight excluding hydrogens is 1390 g/mol. The van der Waals surface area contributed by atoms with Crippen LogP contribution in [0, 0.1) is 26.6 Å². The normalized spacial score (nSPS) is 14.0. The van der Waals surface area contributed by atoms with Crippen LogP contribution in [-0.4, -0.2) is 4.98 Å². The van der Waals surface area contributed by atoms with Crippen molar-refractivity contribution in [3.8, 4) is 100 Å². The van der Waals surface area contributed by atoms with Crippen LogP contribution in [0.4, 0.5) is 4.39 Å². The number of benzene rings is 18. The second kappa shape index (κ2) is 26.5. The molecule has 550 valence electrons. The molecule has 2 heteroatoms. The Bertz CT molecular complexity index is 7320. The summed E-state index contributed by atoms with van der Waals surface area (Å²) in [6.45, 7) is 20.6. The van der Waals surface area contributed by atoms with Gasteiger partial charge in [-0.2, -0.15) is 0 Å². The van der Waals surface area contributed by atoms with Gasteiger partial charge in [0.2, 0.25) is 0 Å². The van der Waals surface area contributed by atoms with Gasteiger partial charge in [0.1, 0.15) is 5.82 Å². The average molecular weight is 1480 g/mol. The van der Waals surface area contributed by atoms with Crippen molar-refractivity contribution in [2.75, 3.05) is 0 Å². The molecule has 115 heavy (non-hydrogen) atoms. The van der Waals surface area contributed by atoms with Gasteiger partial charge in [0.25, 0.3) is 0 Å². The van der Waals surface area contributed by atoms with Gasteiger partial charge in [-0.3, -0.25) is 4.98 Å². The van der Waals surface area contributed by atoms with Crippen molar-refractivity contribution in [2.45, 2.75) is 91.4 Å². The van der Waals surface area contributed by atoms with E-state index in [-0.39, 0.29) is 22.1 Å². The van der Waals surface area contributed by atoms with Gasteiger partial charge in [-0.1, -0.05) is 343 Å². The molecule has 4 aliphatic carbocycles. The van der Waals surface area contributed by atoms with E-state index in [4.69, 9.17) is 4.98 Å². The first-order chi connectivity index (χ1) is 56.0. The molecule has 4 aliphatic rings. The van der Waals surface area contributed by atoms with Crippen molar-refractivity contribution in [3.05, 3.63) is 401 Å². The highest BCUT2D eigenvalue weighted by atomic mass is 19.1. The van der Waals surface area contributed by atoms with Crippen molar-refractivity contribution in [2.24, 2.45) is 0 Å². The molecular formula is C113H86FN. The number of pyridine rings is 1. The fourth-order valence-corrected chi connectivity index (χ4v) is 20.9. The molecule has 1 nitrogen and oxygen atoms in total. The number of aromatic nitrogens is 1. The number of nitrogens with zero attached hydrogens (tertiary/aromatic N) is 1.